The molecule has 2 aromatic heterocycles. The van der Waals surface area contributed by atoms with Gasteiger partial charge in [0, 0.05) is 44.0 Å². The van der Waals surface area contributed by atoms with Crippen molar-refractivity contribution in [2.45, 2.75) is 12.8 Å². The van der Waals surface area contributed by atoms with E-state index in [2.05, 4.69) is 30.4 Å². The minimum absolute atomic E-state index is 0.659. The number of aromatic nitrogens is 5. The van der Waals surface area contributed by atoms with Crippen molar-refractivity contribution in [1.82, 2.24) is 25.1 Å². The van der Waals surface area contributed by atoms with Crippen molar-refractivity contribution >= 4 is 11.6 Å². The fraction of sp³-hybridized carbons (Fsp3) is 0.400. The third-order valence-electron chi connectivity index (χ3n) is 5.42. The van der Waals surface area contributed by atoms with Gasteiger partial charge in [-0.3, -0.25) is 0 Å². The van der Waals surface area contributed by atoms with Crippen molar-refractivity contribution in [3.8, 4) is 22.6 Å². The van der Waals surface area contributed by atoms with Gasteiger partial charge in [-0.25, -0.2) is 9.97 Å². The molecular formula is C20H23N7O. The second-order valence-electron chi connectivity index (χ2n) is 7.27. The monoisotopic (exact) mass is 377 g/mol. The van der Waals surface area contributed by atoms with Crippen LogP contribution in [0.4, 0.5) is 11.6 Å². The van der Waals surface area contributed by atoms with E-state index in [0.29, 0.717) is 5.92 Å². The molecule has 2 N–H and O–H groups in total. The second-order valence-corrected chi connectivity index (χ2v) is 7.27. The number of ether oxygens (including phenoxy) is 1. The van der Waals surface area contributed by atoms with Gasteiger partial charge in [-0.2, -0.15) is 0 Å². The third-order valence-corrected chi connectivity index (χ3v) is 5.42. The minimum Gasteiger partial charge on any atom is -0.381 e. The van der Waals surface area contributed by atoms with E-state index in [1.165, 1.54) is 0 Å². The van der Waals surface area contributed by atoms with E-state index in [1.54, 1.807) is 6.33 Å². The van der Waals surface area contributed by atoms with Crippen LogP contribution in [-0.4, -0.2) is 58.0 Å². The van der Waals surface area contributed by atoms with Crippen molar-refractivity contribution in [3.05, 3.63) is 36.8 Å². The molecule has 4 heterocycles. The van der Waals surface area contributed by atoms with Crippen LogP contribution < -0.4 is 10.2 Å². The summed E-state index contributed by atoms with van der Waals surface area (Å²) < 4.78 is 5.50. The number of hydrogen-bond donors (Lipinski definition) is 2. The molecule has 8 nitrogen and oxygen atoms in total. The lowest BCUT2D eigenvalue weighted by atomic mass is 9.99. The normalized spacial score (nSPS) is 17.2. The number of fused-ring (bicyclic) bond motifs is 1. The molecule has 8 heteroatoms. The summed E-state index contributed by atoms with van der Waals surface area (Å²) in [6.45, 7) is 4.60. The lowest BCUT2D eigenvalue weighted by molar-refractivity contribution is 0.0682. The minimum atomic E-state index is 0.659. The van der Waals surface area contributed by atoms with Crippen LogP contribution in [0, 0.1) is 5.92 Å². The number of hydrogen-bond acceptors (Lipinski definition) is 7. The van der Waals surface area contributed by atoms with Crippen LogP contribution >= 0.6 is 0 Å². The predicted octanol–water partition coefficient (Wildman–Crippen LogP) is 2.59. The molecule has 2 aliphatic rings. The molecule has 2 aliphatic heterocycles. The van der Waals surface area contributed by atoms with Crippen molar-refractivity contribution in [1.29, 1.82) is 0 Å². The Morgan fingerprint density at radius 3 is 2.71 bits per heavy atom. The summed E-state index contributed by atoms with van der Waals surface area (Å²) in [6, 6.07) is 8.14. The number of H-pyrrole nitrogens is 1. The first-order valence-electron chi connectivity index (χ1n) is 9.77. The van der Waals surface area contributed by atoms with Crippen molar-refractivity contribution < 1.29 is 4.74 Å². The summed E-state index contributed by atoms with van der Waals surface area (Å²) in [4.78, 5) is 15.0. The van der Waals surface area contributed by atoms with Gasteiger partial charge < -0.3 is 19.9 Å². The van der Waals surface area contributed by atoms with Gasteiger partial charge in [-0.1, -0.05) is 24.3 Å². The molecule has 0 radical (unpaired) electrons. The fourth-order valence-electron chi connectivity index (χ4n) is 3.84. The van der Waals surface area contributed by atoms with Crippen LogP contribution in [-0.2, 0) is 4.74 Å². The molecule has 0 spiro atoms. The number of benzene rings is 1. The molecule has 5 rings (SSSR count). The largest absolute Gasteiger partial charge is 0.381 e. The zero-order valence-electron chi connectivity index (χ0n) is 15.6. The highest BCUT2D eigenvalue weighted by molar-refractivity contribution is 5.70. The van der Waals surface area contributed by atoms with Crippen LogP contribution in [0.3, 0.4) is 0 Å². The maximum atomic E-state index is 5.50. The summed E-state index contributed by atoms with van der Waals surface area (Å²) >= 11 is 0. The Hall–Kier alpha value is -3.00. The highest BCUT2D eigenvalue weighted by Crippen LogP contribution is 2.30. The summed E-state index contributed by atoms with van der Waals surface area (Å²) in [7, 11) is 0. The van der Waals surface area contributed by atoms with Crippen LogP contribution in [0.25, 0.3) is 22.6 Å². The highest BCUT2D eigenvalue weighted by atomic mass is 16.5. The van der Waals surface area contributed by atoms with Gasteiger partial charge in [0.1, 0.15) is 6.33 Å². The Morgan fingerprint density at radius 1 is 1.11 bits per heavy atom. The lowest BCUT2D eigenvalue weighted by Crippen LogP contribution is -2.39. The first-order valence-corrected chi connectivity index (χ1v) is 9.77. The smallest absolute Gasteiger partial charge is 0.172 e. The molecule has 1 saturated heterocycles. The maximum Gasteiger partial charge on any atom is 0.172 e. The Labute approximate surface area is 163 Å². The average molecular weight is 377 g/mol. The van der Waals surface area contributed by atoms with E-state index in [4.69, 9.17) is 9.72 Å². The molecular weight excluding hydrogens is 354 g/mol. The number of nitrogens with one attached hydrogen (secondary N) is 2. The van der Waals surface area contributed by atoms with Crippen molar-refractivity contribution in [2.75, 3.05) is 43.1 Å². The van der Waals surface area contributed by atoms with Crippen LogP contribution in [0.1, 0.15) is 12.8 Å². The van der Waals surface area contributed by atoms with E-state index in [0.717, 1.165) is 80.0 Å². The maximum absolute atomic E-state index is 5.50. The standard InChI is InChI=1S/C20H23N7O/c1-3-16(18-23-13-24-26-18)4-2-15(1)17-11-22-19-20(25-17)27(8-7-21-19)12-14-5-9-28-10-6-14/h1-4,11,13-14H,5-10,12H2,(H,21,22)(H,23,24,26). The topological polar surface area (TPSA) is 91.8 Å². The number of aromatic amines is 1. The van der Waals surface area contributed by atoms with Gasteiger partial charge in [0.2, 0.25) is 0 Å². The van der Waals surface area contributed by atoms with Crippen LogP contribution in [0.15, 0.2) is 36.8 Å². The van der Waals surface area contributed by atoms with Crippen molar-refractivity contribution in [2.24, 2.45) is 5.92 Å². The highest BCUT2D eigenvalue weighted by Gasteiger charge is 2.24. The van der Waals surface area contributed by atoms with Gasteiger partial charge >= 0.3 is 0 Å². The average Bonchev–Trinajstić information content (AvgIpc) is 3.30. The van der Waals surface area contributed by atoms with E-state index >= 15 is 0 Å². The van der Waals surface area contributed by atoms with Crippen molar-refractivity contribution in [3.63, 3.8) is 0 Å². The summed E-state index contributed by atoms with van der Waals surface area (Å²) in [5.74, 6) is 3.25. The number of anilines is 2. The SMILES string of the molecule is c1nnc(-c2ccc(-c3cnc4c(n3)N(CC3CCOCC3)CCN4)cc2)[nH]1. The zero-order chi connectivity index (χ0) is 18.8. The Morgan fingerprint density at radius 2 is 1.93 bits per heavy atom. The molecule has 0 amide bonds. The van der Waals surface area contributed by atoms with E-state index < -0.39 is 0 Å². The van der Waals surface area contributed by atoms with Gasteiger partial charge in [0.25, 0.3) is 0 Å². The third kappa shape index (κ3) is 3.43. The lowest BCUT2D eigenvalue weighted by Gasteiger charge is -2.34. The Balaban J connectivity index is 1.40. The first-order chi connectivity index (χ1) is 13.9. The summed E-state index contributed by atoms with van der Waals surface area (Å²) in [5.41, 5.74) is 2.91. The molecule has 1 fully saturated rings. The number of rotatable bonds is 4. The molecule has 0 saturated carbocycles. The van der Waals surface area contributed by atoms with Gasteiger partial charge in [0.05, 0.1) is 11.9 Å². The van der Waals surface area contributed by atoms with E-state index in [9.17, 15) is 0 Å². The Kier molecular flexibility index (Phi) is 4.62. The molecule has 0 unspecified atom stereocenters. The molecule has 0 aliphatic carbocycles. The van der Waals surface area contributed by atoms with Crippen LogP contribution in [0.2, 0.25) is 0 Å². The molecule has 28 heavy (non-hydrogen) atoms. The summed E-state index contributed by atoms with van der Waals surface area (Å²) in [5, 5.41) is 11.3. The van der Waals surface area contributed by atoms with E-state index in [1.807, 2.05) is 30.5 Å². The molecule has 1 aromatic carbocycles. The fourth-order valence-corrected chi connectivity index (χ4v) is 3.84. The van der Waals surface area contributed by atoms with Gasteiger partial charge in [-0.15, -0.1) is 10.2 Å². The molecule has 0 atom stereocenters. The molecule has 144 valence electrons. The van der Waals surface area contributed by atoms with Gasteiger partial charge in [-0.05, 0) is 18.8 Å². The Bertz CT molecular complexity index is 920. The first kappa shape index (κ1) is 17.1. The zero-order valence-corrected chi connectivity index (χ0v) is 15.6. The second kappa shape index (κ2) is 7.55. The molecule has 0 bridgehead atoms. The molecule has 3 aromatic rings. The number of nitrogens with zero attached hydrogens (tertiary/aromatic N) is 5. The van der Waals surface area contributed by atoms with E-state index in [-0.39, 0.29) is 0 Å². The predicted molar refractivity (Wildman–Crippen MR) is 107 cm³/mol. The summed E-state index contributed by atoms with van der Waals surface area (Å²) in [6.07, 6.45) is 5.66. The quantitative estimate of drug-likeness (QED) is 0.722. The van der Waals surface area contributed by atoms with Gasteiger partial charge in [0.15, 0.2) is 17.5 Å². The van der Waals surface area contributed by atoms with Crippen LogP contribution in [0.5, 0.6) is 0 Å².